The summed E-state index contributed by atoms with van der Waals surface area (Å²) in [4.78, 5) is 26.3. The molecular weight excluding hydrogens is 827 g/mol. The minimum atomic E-state index is -0.796. The molecule has 6 heteroatoms. The van der Waals surface area contributed by atoms with Gasteiger partial charge in [0.1, 0.15) is 6.10 Å². The molecule has 0 spiro atoms. The van der Waals surface area contributed by atoms with E-state index in [0.717, 1.165) is 96.3 Å². The van der Waals surface area contributed by atoms with Gasteiger partial charge in [-0.15, -0.1) is 0 Å². The Kier molecular flexibility index (Phi) is 53.0. The predicted octanol–water partition coefficient (Wildman–Crippen LogP) is 18.2. The van der Waals surface area contributed by atoms with Gasteiger partial charge in [0.2, 0.25) is 5.91 Å². The fourth-order valence-corrected chi connectivity index (χ4v) is 8.97. The maximum atomic E-state index is 13.3. The van der Waals surface area contributed by atoms with Crippen LogP contribution >= 0.6 is 0 Å². The summed E-state index contributed by atoms with van der Waals surface area (Å²) < 4.78 is 5.95. The van der Waals surface area contributed by atoms with Gasteiger partial charge in [-0.3, -0.25) is 9.59 Å². The van der Waals surface area contributed by atoms with Crippen molar-refractivity contribution in [3.63, 3.8) is 0 Å². The van der Waals surface area contributed by atoms with E-state index in [0.29, 0.717) is 19.3 Å². The molecule has 0 aromatic rings. The van der Waals surface area contributed by atoms with Crippen molar-refractivity contribution < 1.29 is 24.5 Å². The van der Waals surface area contributed by atoms with E-state index in [4.69, 9.17) is 4.74 Å². The molecule has 0 aromatic carbocycles. The number of nitrogens with one attached hydrogen (secondary N) is 1. The van der Waals surface area contributed by atoms with Crippen LogP contribution in [-0.4, -0.2) is 46.9 Å². The highest BCUT2D eigenvalue weighted by Crippen LogP contribution is 2.18. The van der Waals surface area contributed by atoms with Crippen LogP contribution in [0.1, 0.15) is 303 Å². The number of allylic oxidation sites excluding steroid dienone is 8. The third kappa shape index (κ3) is 50.0. The van der Waals surface area contributed by atoms with E-state index >= 15 is 0 Å². The van der Waals surface area contributed by atoms with Crippen LogP contribution < -0.4 is 5.32 Å². The number of esters is 1. The fourth-order valence-electron chi connectivity index (χ4n) is 8.97. The van der Waals surface area contributed by atoms with Crippen LogP contribution in [0, 0.1) is 0 Å². The largest absolute Gasteiger partial charge is 0.462 e. The van der Waals surface area contributed by atoms with Gasteiger partial charge in [-0.2, -0.15) is 0 Å². The number of hydrogen-bond acceptors (Lipinski definition) is 5. The first-order valence-corrected chi connectivity index (χ1v) is 29.4. The number of rotatable bonds is 53. The van der Waals surface area contributed by atoms with Crippen LogP contribution in [0.15, 0.2) is 48.6 Å². The van der Waals surface area contributed by atoms with E-state index in [-0.39, 0.29) is 24.9 Å². The second-order valence-electron chi connectivity index (χ2n) is 20.0. The minimum absolute atomic E-state index is 0.0607. The topological polar surface area (TPSA) is 95.9 Å². The second-order valence-corrected chi connectivity index (χ2v) is 20.0. The Balaban J connectivity index is 4.54. The molecule has 0 aliphatic carbocycles. The Morgan fingerprint density at radius 3 is 1.24 bits per heavy atom. The molecule has 392 valence electrons. The first kappa shape index (κ1) is 64.8. The van der Waals surface area contributed by atoms with Gasteiger partial charge in [-0.05, 0) is 83.5 Å². The van der Waals surface area contributed by atoms with Gasteiger partial charge in [0, 0.05) is 6.42 Å². The molecule has 0 radical (unpaired) electrons. The number of hydrogen-bond donors (Lipinski definition) is 3. The molecule has 3 N–H and O–H groups in total. The Morgan fingerprint density at radius 1 is 0.448 bits per heavy atom. The maximum Gasteiger partial charge on any atom is 0.306 e. The molecule has 0 aliphatic heterocycles. The zero-order valence-electron chi connectivity index (χ0n) is 44.8. The van der Waals surface area contributed by atoms with Crippen molar-refractivity contribution in [2.24, 2.45) is 0 Å². The van der Waals surface area contributed by atoms with Crippen LogP contribution in [0.3, 0.4) is 0 Å². The van der Waals surface area contributed by atoms with Crippen molar-refractivity contribution >= 4 is 11.9 Å². The van der Waals surface area contributed by atoms with Gasteiger partial charge in [0.15, 0.2) is 0 Å². The monoisotopic (exact) mass is 940 g/mol. The Hall–Kier alpha value is -2.18. The summed E-state index contributed by atoms with van der Waals surface area (Å²) in [5.74, 6) is -0.495. The normalized spacial score (nSPS) is 13.4. The van der Waals surface area contributed by atoms with E-state index in [1.54, 1.807) is 0 Å². The molecule has 1 amide bonds. The fraction of sp³-hybridized carbons (Fsp3) is 0.836. The Bertz CT molecular complexity index is 1150. The van der Waals surface area contributed by atoms with Gasteiger partial charge in [0.25, 0.3) is 0 Å². The summed E-state index contributed by atoms with van der Waals surface area (Å²) >= 11 is 0. The first-order valence-electron chi connectivity index (χ1n) is 29.4. The minimum Gasteiger partial charge on any atom is -0.462 e. The summed E-state index contributed by atoms with van der Waals surface area (Å²) in [6.45, 7) is 6.40. The number of carbonyl (C=O) groups excluding carboxylic acids is 2. The molecule has 0 aromatic heterocycles. The SMILES string of the molecule is CC/C=C/C/C=C/C/C=C/CCCCCCC(CC(=O)NC(CO)C(O)CCCCCCCCCCCCCCCCCC)OC(=O)CCCCCCC/C=C/CCCCCCCCCCC. The third-order valence-corrected chi connectivity index (χ3v) is 13.4. The summed E-state index contributed by atoms with van der Waals surface area (Å²) in [5.41, 5.74) is 0. The zero-order chi connectivity index (χ0) is 48.8. The number of amides is 1. The number of unbranched alkanes of at least 4 members (excludes halogenated alkanes) is 33. The van der Waals surface area contributed by atoms with Crippen LogP contribution in [-0.2, 0) is 14.3 Å². The van der Waals surface area contributed by atoms with E-state index in [1.807, 2.05) is 0 Å². The van der Waals surface area contributed by atoms with Crippen molar-refractivity contribution in [2.75, 3.05) is 6.61 Å². The number of carbonyl (C=O) groups is 2. The third-order valence-electron chi connectivity index (χ3n) is 13.4. The predicted molar refractivity (Wildman–Crippen MR) is 292 cm³/mol. The van der Waals surface area contributed by atoms with Gasteiger partial charge in [-0.1, -0.05) is 256 Å². The molecule has 67 heavy (non-hydrogen) atoms. The van der Waals surface area contributed by atoms with Crippen LogP contribution in [0.5, 0.6) is 0 Å². The summed E-state index contributed by atoms with van der Waals surface area (Å²) in [6, 6.07) is -0.711. The highest BCUT2D eigenvalue weighted by Gasteiger charge is 2.24. The van der Waals surface area contributed by atoms with Crippen LogP contribution in [0.2, 0.25) is 0 Å². The van der Waals surface area contributed by atoms with Crippen molar-refractivity contribution in [1.82, 2.24) is 5.32 Å². The smallest absolute Gasteiger partial charge is 0.306 e. The van der Waals surface area contributed by atoms with E-state index in [2.05, 4.69) is 74.7 Å². The summed E-state index contributed by atoms with van der Waals surface area (Å²) in [6.07, 6.45) is 67.5. The summed E-state index contributed by atoms with van der Waals surface area (Å²) in [5, 5.41) is 23.9. The van der Waals surface area contributed by atoms with E-state index < -0.39 is 18.2 Å². The molecule has 0 saturated heterocycles. The van der Waals surface area contributed by atoms with Crippen LogP contribution in [0.25, 0.3) is 0 Å². The lowest BCUT2D eigenvalue weighted by Gasteiger charge is -2.24. The van der Waals surface area contributed by atoms with E-state index in [1.165, 1.54) is 161 Å². The van der Waals surface area contributed by atoms with Crippen molar-refractivity contribution in [2.45, 2.75) is 322 Å². The molecule has 0 saturated carbocycles. The lowest BCUT2D eigenvalue weighted by atomic mass is 10.0. The molecule has 0 aliphatic rings. The van der Waals surface area contributed by atoms with E-state index in [9.17, 15) is 19.8 Å². The highest BCUT2D eigenvalue weighted by atomic mass is 16.5. The second kappa shape index (κ2) is 54.8. The molecule has 3 atom stereocenters. The number of aliphatic hydroxyl groups excluding tert-OH is 2. The van der Waals surface area contributed by atoms with Crippen molar-refractivity contribution in [3.8, 4) is 0 Å². The van der Waals surface area contributed by atoms with Gasteiger partial charge < -0.3 is 20.3 Å². The highest BCUT2D eigenvalue weighted by molar-refractivity contribution is 5.77. The van der Waals surface area contributed by atoms with Gasteiger partial charge in [-0.25, -0.2) is 0 Å². The van der Waals surface area contributed by atoms with Crippen LogP contribution in [0.4, 0.5) is 0 Å². The molecule has 0 rings (SSSR count). The molecule has 6 nitrogen and oxygen atoms in total. The molecular formula is C61H113NO5. The first-order chi connectivity index (χ1) is 33.0. The van der Waals surface area contributed by atoms with Crippen molar-refractivity contribution in [3.05, 3.63) is 48.6 Å². The standard InChI is InChI=1S/C61H113NO5/c1-4-7-10-13-16-19-22-25-28-30-31-33-36-39-42-45-48-51-54-61(66)67-57(52-49-46-43-40-37-34-27-24-21-18-15-12-9-6-3)55-60(65)62-58(56-63)59(64)53-50-47-44-41-38-35-32-29-26-23-20-17-14-11-8-5-2/h9,12,18,21,27,31,33-34,57-59,63-64H,4-8,10-11,13-17,19-20,22-26,28-30,32,35-56H2,1-3H3,(H,62,65)/b12-9+,21-18+,33-31+,34-27+. The quantitative estimate of drug-likeness (QED) is 0.0321. The molecule has 3 unspecified atom stereocenters. The molecule has 0 fully saturated rings. The average Bonchev–Trinajstić information content (AvgIpc) is 3.32. The number of ether oxygens (including phenoxy) is 1. The zero-order valence-corrected chi connectivity index (χ0v) is 44.8. The molecule has 0 heterocycles. The lowest BCUT2D eigenvalue weighted by Crippen LogP contribution is -2.46. The van der Waals surface area contributed by atoms with Gasteiger partial charge >= 0.3 is 5.97 Å². The lowest BCUT2D eigenvalue weighted by molar-refractivity contribution is -0.151. The Morgan fingerprint density at radius 2 is 0.806 bits per heavy atom. The summed E-state index contributed by atoms with van der Waals surface area (Å²) in [7, 11) is 0. The van der Waals surface area contributed by atoms with Gasteiger partial charge in [0.05, 0.1) is 25.2 Å². The maximum absolute atomic E-state index is 13.3. The Labute approximate surface area is 416 Å². The number of aliphatic hydroxyl groups is 2. The average molecular weight is 941 g/mol. The van der Waals surface area contributed by atoms with Crippen molar-refractivity contribution in [1.29, 1.82) is 0 Å². The molecule has 0 bridgehead atoms.